The van der Waals surface area contributed by atoms with E-state index in [-0.39, 0.29) is 22.7 Å². The number of ketones is 1. The van der Waals surface area contributed by atoms with Crippen molar-refractivity contribution in [2.75, 3.05) is 0 Å². The largest absolute Gasteiger partial charge is 0.300 e. The van der Waals surface area contributed by atoms with Crippen LogP contribution >= 0.6 is 12.6 Å². The zero-order valence-electron chi connectivity index (χ0n) is 7.25. The first-order chi connectivity index (χ1) is 5.63. The van der Waals surface area contributed by atoms with Gasteiger partial charge in [0.25, 0.3) is 0 Å². The number of carbonyl (C=O) groups excluding carboxylic acids is 2. The highest BCUT2D eigenvalue weighted by Gasteiger charge is 2.31. The lowest BCUT2D eigenvalue weighted by Gasteiger charge is -2.26. The Labute approximate surface area is 78.1 Å². The van der Waals surface area contributed by atoms with Crippen molar-refractivity contribution in [1.29, 1.82) is 0 Å². The molecule has 0 aromatic carbocycles. The predicted octanol–water partition coefficient (Wildman–Crippen LogP) is 1.84. The van der Waals surface area contributed by atoms with E-state index in [1.165, 1.54) is 0 Å². The molecule has 0 radical (unpaired) electrons. The minimum Gasteiger partial charge on any atom is -0.300 e. The summed E-state index contributed by atoms with van der Waals surface area (Å²) in [5.41, 5.74) is 0. The molecule has 2 nitrogen and oxygen atoms in total. The van der Waals surface area contributed by atoms with E-state index >= 15 is 0 Å². The molecule has 0 aromatic heterocycles. The van der Waals surface area contributed by atoms with Gasteiger partial charge in [0.15, 0.2) is 5.12 Å². The molecular formula is C9H14O2S. The summed E-state index contributed by atoms with van der Waals surface area (Å²) in [6.07, 6.45) is 3.83. The van der Waals surface area contributed by atoms with Crippen LogP contribution in [0.5, 0.6) is 0 Å². The molecule has 0 amide bonds. The Hall–Kier alpha value is -0.310. The van der Waals surface area contributed by atoms with Gasteiger partial charge in [-0.1, -0.05) is 12.8 Å². The van der Waals surface area contributed by atoms with Gasteiger partial charge in [0.1, 0.15) is 5.78 Å². The molecule has 1 aliphatic carbocycles. The molecule has 1 saturated carbocycles. The SMILES string of the molecule is CC(=O)C1CCCCC1C(=O)S. The summed E-state index contributed by atoms with van der Waals surface area (Å²) >= 11 is 3.80. The van der Waals surface area contributed by atoms with E-state index < -0.39 is 0 Å². The monoisotopic (exact) mass is 186 g/mol. The highest BCUT2D eigenvalue weighted by atomic mass is 32.1. The second-order valence-corrected chi connectivity index (χ2v) is 3.89. The minimum absolute atomic E-state index is 0.0521. The van der Waals surface area contributed by atoms with Gasteiger partial charge in [-0.2, -0.15) is 0 Å². The normalized spacial score (nSPS) is 29.8. The molecule has 1 aliphatic rings. The van der Waals surface area contributed by atoms with Crippen LogP contribution < -0.4 is 0 Å². The van der Waals surface area contributed by atoms with Crippen LogP contribution in [0.4, 0.5) is 0 Å². The average molecular weight is 186 g/mol. The zero-order chi connectivity index (χ0) is 9.14. The van der Waals surface area contributed by atoms with E-state index in [4.69, 9.17) is 0 Å². The molecule has 1 fully saturated rings. The Kier molecular flexibility index (Phi) is 3.32. The van der Waals surface area contributed by atoms with Crippen LogP contribution in [0.3, 0.4) is 0 Å². The molecule has 0 spiro atoms. The van der Waals surface area contributed by atoms with Crippen molar-refractivity contribution in [2.24, 2.45) is 11.8 Å². The fourth-order valence-corrected chi connectivity index (χ4v) is 2.22. The molecule has 0 bridgehead atoms. The summed E-state index contributed by atoms with van der Waals surface area (Å²) in [5, 5.41) is -0.116. The lowest BCUT2D eigenvalue weighted by atomic mass is 9.78. The van der Waals surface area contributed by atoms with Crippen molar-refractivity contribution in [3.05, 3.63) is 0 Å². The number of carbonyl (C=O) groups is 2. The molecule has 2 unspecified atom stereocenters. The number of hydrogen-bond acceptors (Lipinski definition) is 2. The molecule has 0 heterocycles. The number of Topliss-reactive ketones (excluding diaryl/α,β-unsaturated/α-hetero) is 1. The summed E-state index contributed by atoms with van der Waals surface area (Å²) < 4.78 is 0. The van der Waals surface area contributed by atoms with Gasteiger partial charge in [-0.3, -0.25) is 9.59 Å². The predicted molar refractivity (Wildman–Crippen MR) is 50.1 cm³/mol. The highest BCUT2D eigenvalue weighted by molar-refractivity contribution is 7.96. The smallest absolute Gasteiger partial charge is 0.189 e. The quantitative estimate of drug-likeness (QED) is 0.668. The molecule has 3 heteroatoms. The third kappa shape index (κ3) is 2.09. The Morgan fingerprint density at radius 3 is 2.00 bits per heavy atom. The first-order valence-corrected chi connectivity index (χ1v) is 4.81. The molecule has 0 aliphatic heterocycles. The lowest BCUT2D eigenvalue weighted by Crippen LogP contribution is -2.29. The molecule has 0 saturated heterocycles. The van der Waals surface area contributed by atoms with Crippen LogP contribution in [0.25, 0.3) is 0 Å². The molecule has 0 aromatic rings. The van der Waals surface area contributed by atoms with Crippen LogP contribution in [-0.4, -0.2) is 10.9 Å². The van der Waals surface area contributed by atoms with Crippen LogP contribution in [0, 0.1) is 11.8 Å². The maximum absolute atomic E-state index is 11.1. The van der Waals surface area contributed by atoms with Gasteiger partial charge in [0.05, 0.1) is 0 Å². The van der Waals surface area contributed by atoms with Crippen LogP contribution in [0.1, 0.15) is 32.6 Å². The minimum atomic E-state index is -0.116. The Balaban J connectivity index is 2.67. The van der Waals surface area contributed by atoms with Crippen molar-refractivity contribution in [2.45, 2.75) is 32.6 Å². The molecule has 68 valence electrons. The summed E-state index contributed by atoms with van der Waals surface area (Å²) in [4.78, 5) is 22.2. The first kappa shape index (κ1) is 9.78. The van der Waals surface area contributed by atoms with Crippen LogP contribution in [0.2, 0.25) is 0 Å². The summed E-state index contributed by atoms with van der Waals surface area (Å²) in [7, 11) is 0. The summed E-state index contributed by atoms with van der Waals surface area (Å²) in [6.45, 7) is 1.57. The first-order valence-electron chi connectivity index (χ1n) is 4.36. The van der Waals surface area contributed by atoms with E-state index in [2.05, 4.69) is 12.6 Å². The van der Waals surface area contributed by atoms with E-state index in [9.17, 15) is 9.59 Å². The van der Waals surface area contributed by atoms with Crippen molar-refractivity contribution in [3.8, 4) is 0 Å². The van der Waals surface area contributed by atoms with E-state index in [0.717, 1.165) is 25.7 Å². The summed E-state index contributed by atoms with van der Waals surface area (Å²) in [6, 6.07) is 0. The van der Waals surface area contributed by atoms with Gasteiger partial charge in [-0.05, 0) is 19.8 Å². The standard InChI is InChI=1S/C9H14O2S/c1-6(10)7-4-2-3-5-8(7)9(11)12/h7-8H,2-5H2,1H3,(H,11,12). The topological polar surface area (TPSA) is 34.1 Å². The van der Waals surface area contributed by atoms with Crippen molar-refractivity contribution in [1.82, 2.24) is 0 Å². The van der Waals surface area contributed by atoms with E-state index in [1.54, 1.807) is 6.92 Å². The molecule has 12 heavy (non-hydrogen) atoms. The van der Waals surface area contributed by atoms with Gasteiger partial charge in [0, 0.05) is 11.8 Å². The Morgan fingerprint density at radius 1 is 1.17 bits per heavy atom. The highest BCUT2D eigenvalue weighted by Crippen LogP contribution is 2.31. The zero-order valence-corrected chi connectivity index (χ0v) is 8.14. The second kappa shape index (κ2) is 4.08. The van der Waals surface area contributed by atoms with E-state index in [1.807, 2.05) is 0 Å². The third-order valence-corrected chi connectivity index (χ3v) is 2.94. The number of thiol groups is 1. The van der Waals surface area contributed by atoms with Crippen molar-refractivity contribution < 1.29 is 9.59 Å². The molecule has 0 N–H and O–H groups in total. The number of hydrogen-bond donors (Lipinski definition) is 1. The maximum Gasteiger partial charge on any atom is 0.189 e. The fourth-order valence-electron chi connectivity index (χ4n) is 1.91. The Bertz CT molecular complexity index is 179. The Morgan fingerprint density at radius 2 is 1.67 bits per heavy atom. The van der Waals surface area contributed by atoms with Crippen molar-refractivity contribution in [3.63, 3.8) is 0 Å². The van der Waals surface area contributed by atoms with Gasteiger partial charge in [-0.15, -0.1) is 12.6 Å². The molecule has 2 atom stereocenters. The van der Waals surface area contributed by atoms with Crippen LogP contribution in [0.15, 0.2) is 0 Å². The molecule has 1 rings (SSSR count). The van der Waals surface area contributed by atoms with Crippen LogP contribution in [-0.2, 0) is 9.59 Å². The second-order valence-electron chi connectivity index (χ2n) is 3.45. The van der Waals surface area contributed by atoms with Gasteiger partial charge >= 0.3 is 0 Å². The van der Waals surface area contributed by atoms with E-state index in [0.29, 0.717) is 0 Å². The lowest BCUT2D eigenvalue weighted by molar-refractivity contribution is -0.128. The average Bonchev–Trinajstić information content (AvgIpc) is 2.04. The van der Waals surface area contributed by atoms with Gasteiger partial charge in [-0.25, -0.2) is 0 Å². The number of rotatable bonds is 2. The van der Waals surface area contributed by atoms with Crippen molar-refractivity contribution >= 4 is 23.5 Å². The maximum atomic E-state index is 11.1. The fraction of sp³-hybridized carbons (Fsp3) is 0.778. The summed E-state index contributed by atoms with van der Waals surface area (Å²) in [5.74, 6) is -0.0227. The third-order valence-electron chi connectivity index (χ3n) is 2.61. The van der Waals surface area contributed by atoms with Gasteiger partial charge in [0.2, 0.25) is 0 Å². The van der Waals surface area contributed by atoms with Gasteiger partial charge < -0.3 is 0 Å². The molecular weight excluding hydrogens is 172 g/mol.